The summed E-state index contributed by atoms with van der Waals surface area (Å²) in [5, 5.41) is 5.48. The first-order chi connectivity index (χ1) is 8.22. The maximum absolute atomic E-state index is 12.1. The minimum absolute atomic E-state index is 0.0168. The first-order valence-corrected chi connectivity index (χ1v) is 6.89. The number of hydrogen-bond donors (Lipinski definition) is 1. The van der Waals surface area contributed by atoms with E-state index in [1.54, 1.807) is 16.2 Å². The predicted molar refractivity (Wildman–Crippen MR) is 74.7 cm³/mol. The van der Waals surface area contributed by atoms with Gasteiger partial charge in [-0.1, -0.05) is 19.4 Å². The SMILES string of the molecule is CCCCN1C(=O)/C(=C\c2cccs2)NC1=S. The Hall–Kier alpha value is -1.20. The zero-order chi connectivity index (χ0) is 12.3. The smallest absolute Gasteiger partial charge is 0.276 e. The summed E-state index contributed by atoms with van der Waals surface area (Å²) in [6, 6.07) is 3.94. The normalized spacial score (nSPS) is 17.9. The lowest BCUT2D eigenvalue weighted by Gasteiger charge is -2.12. The lowest BCUT2D eigenvalue weighted by atomic mass is 10.3. The maximum atomic E-state index is 12.1. The fourth-order valence-corrected chi connectivity index (χ4v) is 2.55. The van der Waals surface area contributed by atoms with Crippen molar-refractivity contribution >= 4 is 40.7 Å². The molecule has 1 aliphatic heterocycles. The van der Waals surface area contributed by atoms with E-state index in [9.17, 15) is 4.79 Å². The second-order valence-corrected chi connectivity index (χ2v) is 5.18. The molecule has 17 heavy (non-hydrogen) atoms. The Morgan fingerprint density at radius 1 is 1.59 bits per heavy atom. The molecule has 0 atom stereocenters. The van der Waals surface area contributed by atoms with Gasteiger partial charge in [0.05, 0.1) is 0 Å². The number of thiophene rings is 1. The van der Waals surface area contributed by atoms with Crippen molar-refractivity contribution in [2.75, 3.05) is 6.54 Å². The maximum Gasteiger partial charge on any atom is 0.276 e. The zero-order valence-corrected chi connectivity index (χ0v) is 11.2. The third kappa shape index (κ3) is 2.73. The van der Waals surface area contributed by atoms with Crippen molar-refractivity contribution in [3.8, 4) is 0 Å². The van der Waals surface area contributed by atoms with E-state index in [2.05, 4.69) is 12.2 Å². The molecule has 1 aromatic heterocycles. The summed E-state index contributed by atoms with van der Waals surface area (Å²) in [6.07, 6.45) is 3.88. The minimum atomic E-state index is -0.0168. The van der Waals surface area contributed by atoms with Gasteiger partial charge in [0, 0.05) is 11.4 Å². The molecular formula is C12H14N2OS2. The van der Waals surface area contributed by atoms with Gasteiger partial charge in [-0.3, -0.25) is 9.69 Å². The molecule has 2 heterocycles. The predicted octanol–water partition coefficient (Wildman–Crippen LogP) is 2.61. The quantitative estimate of drug-likeness (QED) is 0.671. The van der Waals surface area contributed by atoms with Gasteiger partial charge in [-0.05, 0) is 36.2 Å². The number of nitrogens with zero attached hydrogens (tertiary/aromatic N) is 1. The van der Waals surface area contributed by atoms with E-state index in [1.807, 2.05) is 23.6 Å². The number of rotatable bonds is 4. The van der Waals surface area contributed by atoms with Crippen molar-refractivity contribution in [2.45, 2.75) is 19.8 Å². The molecular weight excluding hydrogens is 252 g/mol. The summed E-state index contributed by atoms with van der Waals surface area (Å²) >= 11 is 6.76. The molecule has 1 fully saturated rings. The molecule has 90 valence electrons. The van der Waals surface area contributed by atoms with E-state index < -0.39 is 0 Å². The van der Waals surface area contributed by atoms with Crippen LogP contribution in [0.15, 0.2) is 23.2 Å². The first-order valence-electron chi connectivity index (χ1n) is 5.60. The first kappa shape index (κ1) is 12.3. The highest BCUT2D eigenvalue weighted by Gasteiger charge is 2.29. The summed E-state index contributed by atoms with van der Waals surface area (Å²) in [6.45, 7) is 2.79. The average Bonchev–Trinajstić information content (AvgIpc) is 2.89. The molecule has 0 radical (unpaired) electrons. The molecule has 2 rings (SSSR count). The summed E-state index contributed by atoms with van der Waals surface area (Å²) in [5.74, 6) is -0.0168. The van der Waals surface area contributed by atoms with Crippen molar-refractivity contribution in [1.82, 2.24) is 10.2 Å². The number of carbonyl (C=O) groups excluding carboxylic acids is 1. The minimum Gasteiger partial charge on any atom is -0.328 e. The molecule has 0 bridgehead atoms. The Morgan fingerprint density at radius 2 is 2.41 bits per heavy atom. The standard InChI is InChI=1S/C12H14N2OS2/c1-2-3-6-14-11(15)10(13-12(14)16)8-9-5-4-7-17-9/h4-5,7-8H,2-3,6H2,1H3,(H,13,16)/b10-8+. The summed E-state index contributed by atoms with van der Waals surface area (Å²) in [5.41, 5.74) is 0.577. The van der Waals surface area contributed by atoms with Gasteiger partial charge in [0.1, 0.15) is 5.70 Å². The van der Waals surface area contributed by atoms with E-state index in [-0.39, 0.29) is 5.91 Å². The molecule has 5 heteroatoms. The Kier molecular flexibility index (Phi) is 3.91. The molecule has 0 unspecified atom stereocenters. The van der Waals surface area contributed by atoms with Crippen LogP contribution in [0.5, 0.6) is 0 Å². The van der Waals surface area contributed by atoms with Crippen LogP contribution in [0, 0.1) is 0 Å². The topological polar surface area (TPSA) is 32.3 Å². The van der Waals surface area contributed by atoms with Gasteiger partial charge < -0.3 is 5.32 Å². The van der Waals surface area contributed by atoms with Crippen LogP contribution in [-0.4, -0.2) is 22.5 Å². The van der Waals surface area contributed by atoms with E-state index >= 15 is 0 Å². The largest absolute Gasteiger partial charge is 0.328 e. The van der Waals surface area contributed by atoms with Crippen LogP contribution < -0.4 is 5.32 Å². The lowest BCUT2D eigenvalue weighted by Crippen LogP contribution is -2.31. The second-order valence-electron chi connectivity index (χ2n) is 3.81. The Morgan fingerprint density at radius 3 is 3.06 bits per heavy atom. The summed E-state index contributed by atoms with van der Waals surface area (Å²) in [4.78, 5) is 14.8. The highest BCUT2D eigenvalue weighted by atomic mass is 32.1. The fraction of sp³-hybridized carbons (Fsp3) is 0.333. The summed E-state index contributed by atoms with van der Waals surface area (Å²) in [7, 11) is 0. The van der Waals surface area contributed by atoms with E-state index in [1.165, 1.54) is 0 Å². The molecule has 1 amide bonds. The molecule has 0 aliphatic carbocycles. The van der Waals surface area contributed by atoms with Crippen LogP contribution in [0.2, 0.25) is 0 Å². The van der Waals surface area contributed by atoms with Gasteiger partial charge in [0.15, 0.2) is 5.11 Å². The number of unbranched alkanes of at least 4 members (excludes halogenated alkanes) is 1. The fourth-order valence-electron chi connectivity index (χ4n) is 1.61. The van der Waals surface area contributed by atoms with Gasteiger partial charge in [-0.2, -0.15) is 0 Å². The molecule has 1 aliphatic rings. The van der Waals surface area contributed by atoms with Crippen LogP contribution in [-0.2, 0) is 4.79 Å². The second kappa shape index (κ2) is 5.42. The van der Waals surface area contributed by atoms with Crippen molar-refractivity contribution < 1.29 is 4.79 Å². The molecule has 3 nitrogen and oxygen atoms in total. The lowest BCUT2D eigenvalue weighted by molar-refractivity contribution is -0.122. The van der Waals surface area contributed by atoms with Crippen LogP contribution in [0.4, 0.5) is 0 Å². The Balaban J connectivity index is 2.13. The number of hydrogen-bond acceptors (Lipinski definition) is 3. The van der Waals surface area contributed by atoms with Crippen molar-refractivity contribution in [2.24, 2.45) is 0 Å². The van der Waals surface area contributed by atoms with Gasteiger partial charge in [-0.15, -0.1) is 11.3 Å². The number of thiocarbonyl (C=S) groups is 1. The van der Waals surface area contributed by atoms with Gasteiger partial charge in [0.2, 0.25) is 0 Å². The summed E-state index contributed by atoms with van der Waals surface area (Å²) < 4.78 is 0. The molecule has 0 aromatic carbocycles. The monoisotopic (exact) mass is 266 g/mol. The van der Waals surface area contributed by atoms with Crippen molar-refractivity contribution in [3.63, 3.8) is 0 Å². The van der Waals surface area contributed by atoms with Gasteiger partial charge in [-0.25, -0.2) is 0 Å². The van der Waals surface area contributed by atoms with Crippen molar-refractivity contribution in [3.05, 3.63) is 28.1 Å². The molecule has 1 saturated heterocycles. The number of amides is 1. The average molecular weight is 266 g/mol. The molecule has 1 aromatic rings. The third-order valence-corrected chi connectivity index (χ3v) is 3.67. The van der Waals surface area contributed by atoms with Crippen LogP contribution in [0.1, 0.15) is 24.6 Å². The van der Waals surface area contributed by atoms with Crippen LogP contribution in [0.25, 0.3) is 6.08 Å². The van der Waals surface area contributed by atoms with Crippen LogP contribution in [0.3, 0.4) is 0 Å². The Labute approximate surface area is 110 Å². The van der Waals surface area contributed by atoms with Crippen LogP contribution >= 0.6 is 23.6 Å². The third-order valence-electron chi connectivity index (χ3n) is 2.53. The van der Waals surface area contributed by atoms with E-state index in [0.717, 1.165) is 17.7 Å². The zero-order valence-electron chi connectivity index (χ0n) is 9.60. The Bertz CT molecular complexity index is 451. The highest BCUT2D eigenvalue weighted by Crippen LogP contribution is 2.17. The number of carbonyl (C=O) groups is 1. The molecule has 0 saturated carbocycles. The van der Waals surface area contributed by atoms with E-state index in [0.29, 0.717) is 17.4 Å². The molecule has 0 spiro atoms. The highest BCUT2D eigenvalue weighted by molar-refractivity contribution is 7.80. The van der Waals surface area contributed by atoms with E-state index in [4.69, 9.17) is 12.2 Å². The number of nitrogens with one attached hydrogen (secondary N) is 1. The van der Waals surface area contributed by atoms with Gasteiger partial charge in [0.25, 0.3) is 5.91 Å². The molecule has 1 N–H and O–H groups in total. The van der Waals surface area contributed by atoms with Crippen molar-refractivity contribution in [1.29, 1.82) is 0 Å². The van der Waals surface area contributed by atoms with Gasteiger partial charge >= 0.3 is 0 Å².